The van der Waals surface area contributed by atoms with Gasteiger partial charge in [0.1, 0.15) is 17.0 Å². The van der Waals surface area contributed by atoms with E-state index >= 15 is 0 Å². The Hall–Kier alpha value is -2.47. The smallest absolute Gasteiger partial charge is 0.290 e. The molecule has 130 valence electrons. The number of hydrogen-bond donors (Lipinski definition) is 1. The van der Waals surface area contributed by atoms with Gasteiger partial charge in [0.15, 0.2) is 0 Å². The number of carbonyl (C=O) groups is 1. The molecule has 1 fully saturated rings. The quantitative estimate of drug-likeness (QED) is 0.692. The van der Waals surface area contributed by atoms with E-state index in [9.17, 15) is 0 Å². The molecule has 2 aromatic heterocycles. The first-order chi connectivity index (χ1) is 12.2. The van der Waals surface area contributed by atoms with Gasteiger partial charge in [0.25, 0.3) is 6.47 Å². The minimum atomic E-state index is -0.250. The van der Waals surface area contributed by atoms with Gasteiger partial charge in [-0.05, 0) is 37.8 Å². The predicted octanol–water partition coefficient (Wildman–Crippen LogP) is 4.36. The van der Waals surface area contributed by atoms with Crippen LogP contribution in [0.2, 0.25) is 0 Å². The lowest BCUT2D eigenvalue weighted by Crippen LogP contribution is -2.30. The number of aryl methyl sites for hydroxylation is 1. The van der Waals surface area contributed by atoms with Crippen LogP contribution in [-0.4, -0.2) is 34.6 Å². The summed E-state index contributed by atoms with van der Waals surface area (Å²) in [6, 6.07) is 11.0. The van der Waals surface area contributed by atoms with Crippen LogP contribution in [0.4, 0.5) is 5.82 Å². The van der Waals surface area contributed by atoms with Crippen LogP contribution in [-0.2, 0) is 4.79 Å². The van der Waals surface area contributed by atoms with Crippen molar-refractivity contribution in [3.63, 3.8) is 0 Å². The van der Waals surface area contributed by atoms with Gasteiger partial charge in [-0.3, -0.25) is 4.79 Å². The molecule has 0 bridgehead atoms. The molecule has 5 nitrogen and oxygen atoms in total. The van der Waals surface area contributed by atoms with Crippen LogP contribution < -0.4 is 4.90 Å². The first kappa shape index (κ1) is 17.4. The standard InChI is InChI=1S/C18H19N3S.CH2O2/c1-13-5-7-14(8-6-13)16-11-15-17(19-12-20-18(15)22-16)21-9-3-2-4-10-21;2-1-3/h5-8,11-12H,2-4,9-10H2,1H3;1H,(H,2,3). The van der Waals surface area contributed by atoms with Gasteiger partial charge in [0, 0.05) is 18.0 Å². The molecule has 0 atom stereocenters. The Morgan fingerprint density at radius 2 is 1.80 bits per heavy atom. The third-order valence-electron chi connectivity index (χ3n) is 4.30. The van der Waals surface area contributed by atoms with Crippen molar-refractivity contribution in [2.24, 2.45) is 0 Å². The number of nitrogens with zero attached hydrogens (tertiary/aromatic N) is 3. The van der Waals surface area contributed by atoms with Crippen LogP contribution in [0.15, 0.2) is 36.7 Å². The van der Waals surface area contributed by atoms with E-state index in [1.165, 1.54) is 40.7 Å². The SMILES string of the molecule is Cc1ccc(-c2cc3c(N4CCCCC4)ncnc3s2)cc1.O=CO. The molecule has 4 rings (SSSR count). The summed E-state index contributed by atoms with van der Waals surface area (Å²) in [7, 11) is 0. The lowest BCUT2D eigenvalue weighted by atomic mass is 10.1. The molecule has 1 N–H and O–H groups in total. The predicted molar refractivity (Wildman–Crippen MR) is 102 cm³/mol. The summed E-state index contributed by atoms with van der Waals surface area (Å²) in [5.74, 6) is 1.11. The Kier molecular flexibility index (Phi) is 5.60. The molecule has 1 aromatic carbocycles. The van der Waals surface area contributed by atoms with Crippen LogP contribution in [0.1, 0.15) is 24.8 Å². The number of thiophene rings is 1. The first-order valence-corrected chi connectivity index (χ1v) is 9.19. The molecule has 0 spiro atoms. The van der Waals surface area contributed by atoms with Crippen LogP contribution in [0.3, 0.4) is 0 Å². The molecule has 0 unspecified atom stereocenters. The number of benzene rings is 1. The van der Waals surface area contributed by atoms with E-state index in [1.54, 1.807) is 17.7 Å². The minimum Gasteiger partial charge on any atom is -0.483 e. The Labute approximate surface area is 151 Å². The Morgan fingerprint density at radius 1 is 1.12 bits per heavy atom. The van der Waals surface area contributed by atoms with Gasteiger partial charge in [-0.15, -0.1) is 11.3 Å². The van der Waals surface area contributed by atoms with E-state index in [-0.39, 0.29) is 6.47 Å². The molecule has 1 saturated heterocycles. The monoisotopic (exact) mass is 355 g/mol. The average Bonchev–Trinajstić information content (AvgIpc) is 3.08. The van der Waals surface area contributed by atoms with Crippen LogP contribution in [0, 0.1) is 6.92 Å². The number of piperidine rings is 1. The average molecular weight is 355 g/mol. The second-order valence-electron chi connectivity index (χ2n) is 6.05. The second-order valence-corrected chi connectivity index (χ2v) is 7.08. The van der Waals surface area contributed by atoms with E-state index < -0.39 is 0 Å². The van der Waals surface area contributed by atoms with Gasteiger partial charge in [-0.1, -0.05) is 29.8 Å². The highest BCUT2D eigenvalue weighted by Crippen LogP contribution is 2.36. The number of rotatable bonds is 2. The van der Waals surface area contributed by atoms with Crippen molar-refractivity contribution in [2.75, 3.05) is 18.0 Å². The molecule has 0 amide bonds. The summed E-state index contributed by atoms with van der Waals surface area (Å²) in [6.07, 6.45) is 5.57. The topological polar surface area (TPSA) is 66.3 Å². The van der Waals surface area contributed by atoms with Crippen molar-refractivity contribution in [1.29, 1.82) is 0 Å². The van der Waals surface area contributed by atoms with E-state index in [4.69, 9.17) is 9.90 Å². The van der Waals surface area contributed by atoms with Crippen LogP contribution >= 0.6 is 11.3 Å². The number of fused-ring (bicyclic) bond motifs is 1. The molecule has 0 saturated carbocycles. The lowest BCUT2D eigenvalue weighted by molar-refractivity contribution is -0.122. The Bertz CT molecular complexity index is 840. The summed E-state index contributed by atoms with van der Waals surface area (Å²) in [6.45, 7) is 4.10. The minimum absolute atomic E-state index is 0.250. The first-order valence-electron chi connectivity index (χ1n) is 8.37. The maximum atomic E-state index is 8.36. The highest BCUT2D eigenvalue weighted by molar-refractivity contribution is 7.21. The van der Waals surface area contributed by atoms with Crippen molar-refractivity contribution in [1.82, 2.24) is 9.97 Å². The molecule has 3 heterocycles. The zero-order valence-corrected chi connectivity index (χ0v) is 15.0. The van der Waals surface area contributed by atoms with Gasteiger partial charge >= 0.3 is 0 Å². The number of aromatic nitrogens is 2. The number of hydrogen-bond acceptors (Lipinski definition) is 5. The van der Waals surface area contributed by atoms with Crippen molar-refractivity contribution >= 4 is 33.8 Å². The normalized spacial score (nSPS) is 14.0. The van der Waals surface area contributed by atoms with Crippen LogP contribution in [0.5, 0.6) is 0 Å². The molecule has 3 aromatic rings. The second kappa shape index (κ2) is 8.07. The number of carboxylic acid groups (broad SMARTS) is 1. The molecule has 25 heavy (non-hydrogen) atoms. The van der Waals surface area contributed by atoms with Crippen molar-refractivity contribution in [2.45, 2.75) is 26.2 Å². The molecule has 1 aliphatic heterocycles. The summed E-state index contributed by atoms with van der Waals surface area (Å²) in [5, 5.41) is 8.09. The van der Waals surface area contributed by atoms with Crippen molar-refractivity contribution < 1.29 is 9.90 Å². The summed E-state index contributed by atoms with van der Waals surface area (Å²) >= 11 is 1.76. The van der Waals surface area contributed by atoms with E-state index in [0.717, 1.165) is 23.7 Å². The third-order valence-corrected chi connectivity index (χ3v) is 5.39. The largest absolute Gasteiger partial charge is 0.483 e. The molecule has 6 heteroatoms. The fraction of sp³-hybridized carbons (Fsp3) is 0.316. The molecule has 1 aliphatic rings. The number of anilines is 1. The summed E-state index contributed by atoms with van der Waals surface area (Å²) < 4.78 is 0. The molecular formula is C19H21N3O2S. The molecule has 0 aliphatic carbocycles. The van der Waals surface area contributed by atoms with Crippen LogP contribution in [0.25, 0.3) is 20.7 Å². The van der Waals surface area contributed by atoms with E-state index in [2.05, 4.69) is 52.1 Å². The Balaban J connectivity index is 0.000000569. The molecule has 0 radical (unpaired) electrons. The van der Waals surface area contributed by atoms with Gasteiger partial charge < -0.3 is 10.0 Å². The Morgan fingerprint density at radius 3 is 2.48 bits per heavy atom. The maximum absolute atomic E-state index is 8.36. The fourth-order valence-corrected chi connectivity index (χ4v) is 4.06. The molecular weight excluding hydrogens is 334 g/mol. The van der Waals surface area contributed by atoms with Crippen molar-refractivity contribution in [3.8, 4) is 10.4 Å². The van der Waals surface area contributed by atoms with Crippen molar-refractivity contribution in [3.05, 3.63) is 42.2 Å². The van der Waals surface area contributed by atoms with Gasteiger partial charge in [0.2, 0.25) is 0 Å². The maximum Gasteiger partial charge on any atom is 0.290 e. The zero-order valence-electron chi connectivity index (χ0n) is 14.2. The highest BCUT2D eigenvalue weighted by Gasteiger charge is 2.17. The van der Waals surface area contributed by atoms with E-state index in [0.29, 0.717) is 0 Å². The summed E-state index contributed by atoms with van der Waals surface area (Å²) in [4.78, 5) is 22.2. The van der Waals surface area contributed by atoms with E-state index in [1.807, 2.05) is 0 Å². The highest BCUT2D eigenvalue weighted by atomic mass is 32.1. The summed E-state index contributed by atoms with van der Waals surface area (Å²) in [5.41, 5.74) is 2.55. The van der Waals surface area contributed by atoms with Gasteiger partial charge in [-0.2, -0.15) is 0 Å². The fourth-order valence-electron chi connectivity index (χ4n) is 3.06. The zero-order chi connectivity index (χ0) is 17.6. The van der Waals surface area contributed by atoms with Gasteiger partial charge in [0.05, 0.1) is 5.39 Å². The lowest BCUT2D eigenvalue weighted by Gasteiger charge is -2.27. The third kappa shape index (κ3) is 3.96. The van der Waals surface area contributed by atoms with Gasteiger partial charge in [-0.25, -0.2) is 9.97 Å².